The summed E-state index contributed by atoms with van der Waals surface area (Å²) in [6.45, 7) is 1.21. The van der Waals surface area contributed by atoms with Crippen LogP contribution in [0.1, 0.15) is 18.5 Å². The van der Waals surface area contributed by atoms with Crippen LogP contribution in [0.25, 0.3) is 0 Å². The van der Waals surface area contributed by atoms with Crippen molar-refractivity contribution in [2.45, 2.75) is 12.8 Å². The molecule has 25 heavy (non-hydrogen) atoms. The second-order valence-electron chi connectivity index (χ2n) is 5.75. The molecule has 0 saturated carbocycles. The Kier molecular flexibility index (Phi) is 5.00. The zero-order valence-corrected chi connectivity index (χ0v) is 14.1. The zero-order chi connectivity index (χ0) is 17.8. The number of rotatable bonds is 3. The molecular formula is C17H16ClN5O2. The van der Waals surface area contributed by atoms with Crippen LogP contribution in [0.2, 0.25) is 5.02 Å². The molecule has 7 nitrogen and oxygen atoms in total. The SMILES string of the molecule is N#Cc1nccnc1N1CCC(C(=O)Nc2cc(Cl)ccc2O)CC1. The number of halogens is 1. The van der Waals surface area contributed by atoms with Crippen molar-refractivity contribution in [1.82, 2.24) is 9.97 Å². The van der Waals surface area contributed by atoms with Crippen LogP contribution in [0.15, 0.2) is 30.6 Å². The van der Waals surface area contributed by atoms with Gasteiger partial charge in [-0.15, -0.1) is 0 Å². The molecule has 0 spiro atoms. The zero-order valence-electron chi connectivity index (χ0n) is 13.3. The summed E-state index contributed by atoms with van der Waals surface area (Å²) in [5.41, 5.74) is 0.592. The molecule has 2 N–H and O–H groups in total. The Morgan fingerprint density at radius 2 is 2.04 bits per heavy atom. The average Bonchev–Trinajstić information content (AvgIpc) is 2.64. The maximum Gasteiger partial charge on any atom is 0.227 e. The van der Waals surface area contributed by atoms with Crippen LogP contribution in [-0.2, 0) is 4.79 Å². The van der Waals surface area contributed by atoms with E-state index < -0.39 is 0 Å². The molecular weight excluding hydrogens is 342 g/mol. The molecule has 2 aromatic rings. The number of carbonyl (C=O) groups is 1. The molecule has 8 heteroatoms. The van der Waals surface area contributed by atoms with Gasteiger partial charge in [0.15, 0.2) is 11.5 Å². The molecule has 0 aliphatic carbocycles. The predicted octanol–water partition coefficient (Wildman–Crippen LogP) is 2.56. The fourth-order valence-corrected chi connectivity index (χ4v) is 3.01. The van der Waals surface area contributed by atoms with Crippen LogP contribution in [-0.4, -0.2) is 34.1 Å². The van der Waals surface area contributed by atoms with Gasteiger partial charge in [-0.25, -0.2) is 9.97 Å². The topological polar surface area (TPSA) is 102 Å². The molecule has 1 aromatic heterocycles. The van der Waals surface area contributed by atoms with Gasteiger partial charge in [0.25, 0.3) is 0 Å². The summed E-state index contributed by atoms with van der Waals surface area (Å²) >= 11 is 5.89. The maximum absolute atomic E-state index is 12.4. The van der Waals surface area contributed by atoms with E-state index in [0.717, 1.165) is 0 Å². The van der Waals surface area contributed by atoms with E-state index in [1.54, 1.807) is 12.3 Å². The van der Waals surface area contributed by atoms with Gasteiger partial charge in [-0.2, -0.15) is 5.26 Å². The third-order valence-corrected chi connectivity index (χ3v) is 4.40. The number of phenols is 1. The van der Waals surface area contributed by atoms with E-state index >= 15 is 0 Å². The van der Waals surface area contributed by atoms with Gasteiger partial charge in [0.05, 0.1) is 5.69 Å². The highest BCUT2D eigenvalue weighted by Crippen LogP contribution is 2.29. The summed E-state index contributed by atoms with van der Waals surface area (Å²) in [4.78, 5) is 22.6. The van der Waals surface area contributed by atoms with Crippen LogP contribution in [0.3, 0.4) is 0 Å². The molecule has 0 radical (unpaired) electrons. The van der Waals surface area contributed by atoms with Crippen molar-refractivity contribution in [3.8, 4) is 11.8 Å². The highest BCUT2D eigenvalue weighted by atomic mass is 35.5. The lowest BCUT2D eigenvalue weighted by Crippen LogP contribution is -2.39. The van der Waals surface area contributed by atoms with Gasteiger partial charge in [0, 0.05) is 36.4 Å². The summed E-state index contributed by atoms with van der Waals surface area (Å²) in [5.74, 6) is 0.193. The summed E-state index contributed by atoms with van der Waals surface area (Å²) in [6, 6.07) is 6.55. The number of piperidine rings is 1. The Bertz CT molecular complexity index is 828. The number of benzene rings is 1. The highest BCUT2D eigenvalue weighted by Gasteiger charge is 2.27. The number of aromatic nitrogens is 2. The second kappa shape index (κ2) is 7.36. The molecule has 0 unspecified atom stereocenters. The fourth-order valence-electron chi connectivity index (χ4n) is 2.84. The minimum absolute atomic E-state index is 0.0200. The van der Waals surface area contributed by atoms with Gasteiger partial charge < -0.3 is 15.3 Å². The number of nitrogens with zero attached hydrogens (tertiary/aromatic N) is 4. The molecule has 1 aromatic carbocycles. The second-order valence-corrected chi connectivity index (χ2v) is 6.19. The summed E-state index contributed by atoms with van der Waals surface area (Å²) in [5, 5.41) is 22.1. The Balaban J connectivity index is 1.63. The van der Waals surface area contributed by atoms with E-state index in [4.69, 9.17) is 16.9 Å². The lowest BCUT2D eigenvalue weighted by atomic mass is 9.95. The third-order valence-electron chi connectivity index (χ3n) is 4.17. The Labute approximate surface area is 149 Å². The van der Waals surface area contributed by atoms with Crippen LogP contribution in [0.5, 0.6) is 5.75 Å². The van der Waals surface area contributed by atoms with Crippen molar-refractivity contribution in [3.05, 3.63) is 41.3 Å². The number of anilines is 2. The van der Waals surface area contributed by atoms with E-state index in [1.165, 1.54) is 18.3 Å². The number of nitrogens with one attached hydrogen (secondary N) is 1. The number of hydrogen-bond donors (Lipinski definition) is 2. The van der Waals surface area contributed by atoms with Gasteiger partial charge in [0.1, 0.15) is 11.8 Å². The molecule has 1 fully saturated rings. The van der Waals surface area contributed by atoms with Crippen molar-refractivity contribution in [2.75, 3.05) is 23.3 Å². The van der Waals surface area contributed by atoms with E-state index in [-0.39, 0.29) is 23.3 Å². The van der Waals surface area contributed by atoms with E-state index in [0.29, 0.717) is 42.5 Å². The van der Waals surface area contributed by atoms with E-state index in [1.807, 2.05) is 11.0 Å². The molecule has 1 amide bonds. The summed E-state index contributed by atoms with van der Waals surface area (Å²) in [6.07, 6.45) is 4.28. The van der Waals surface area contributed by atoms with Crippen molar-refractivity contribution in [2.24, 2.45) is 5.92 Å². The lowest BCUT2D eigenvalue weighted by molar-refractivity contribution is -0.120. The first-order valence-electron chi connectivity index (χ1n) is 7.84. The molecule has 2 heterocycles. The first kappa shape index (κ1) is 17.0. The average molecular weight is 358 g/mol. The number of phenolic OH excluding ortho intramolecular Hbond substituents is 1. The minimum atomic E-state index is -0.183. The van der Waals surface area contributed by atoms with Gasteiger partial charge in [0.2, 0.25) is 5.91 Å². The number of aromatic hydroxyl groups is 1. The molecule has 1 aliphatic rings. The van der Waals surface area contributed by atoms with Crippen LogP contribution in [0, 0.1) is 17.2 Å². The van der Waals surface area contributed by atoms with Crippen LogP contribution >= 0.6 is 11.6 Å². The third kappa shape index (κ3) is 3.80. The van der Waals surface area contributed by atoms with Gasteiger partial charge in [-0.3, -0.25) is 4.79 Å². The smallest absolute Gasteiger partial charge is 0.227 e. The highest BCUT2D eigenvalue weighted by molar-refractivity contribution is 6.31. The summed E-state index contributed by atoms with van der Waals surface area (Å²) < 4.78 is 0. The standard InChI is InChI=1S/C17H16ClN5O2/c18-12-1-2-15(24)13(9-12)22-17(25)11-3-7-23(8-4-11)16-14(10-19)20-5-6-21-16/h1-2,5-6,9,11,24H,3-4,7-8H2,(H,22,25). The Morgan fingerprint density at radius 1 is 1.32 bits per heavy atom. The van der Waals surface area contributed by atoms with Crippen molar-refractivity contribution in [1.29, 1.82) is 5.26 Å². The molecule has 1 saturated heterocycles. The van der Waals surface area contributed by atoms with E-state index in [9.17, 15) is 9.90 Å². The molecule has 1 aliphatic heterocycles. The first-order chi connectivity index (χ1) is 12.1. The lowest BCUT2D eigenvalue weighted by Gasteiger charge is -2.32. The Hall–Kier alpha value is -2.85. The monoisotopic (exact) mass is 357 g/mol. The van der Waals surface area contributed by atoms with Crippen LogP contribution in [0.4, 0.5) is 11.5 Å². The van der Waals surface area contributed by atoms with Crippen LogP contribution < -0.4 is 10.2 Å². The molecule has 0 atom stereocenters. The summed E-state index contributed by atoms with van der Waals surface area (Å²) in [7, 11) is 0. The largest absolute Gasteiger partial charge is 0.506 e. The van der Waals surface area contributed by atoms with E-state index in [2.05, 4.69) is 15.3 Å². The van der Waals surface area contributed by atoms with Crippen molar-refractivity contribution in [3.63, 3.8) is 0 Å². The fraction of sp³-hybridized carbons (Fsp3) is 0.294. The van der Waals surface area contributed by atoms with Crippen molar-refractivity contribution < 1.29 is 9.90 Å². The maximum atomic E-state index is 12.4. The molecule has 3 rings (SSSR count). The van der Waals surface area contributed by atoms with Crippen molar-refractivity contribution >= 4 is 29.0 Å². The predicted molar refractivity (Wildman–Crippen MR) is 93.4 cm³/mol. The molecule has 0 bridgehead atoms. The number of carbonyl (C=O) groups excluding carboxylic acids is 1. The first-order valence-corrected chi connectivity index (χ1v) is 8.21. The number of amides is 1. The molecule has 128 valence electrons. The van der Waals surface area contributed by atoms with Gasteiger partial charge in [-0.1, -0.05) is 11.6 Å². The van der Waals surface area contributed by atoms with Gasteiger partial charge >= 0.3 is 0 Å². The number of hydrogen-bond acceptors (Lipinski definition) is 6. The normalized spacial score (nSPS) is 14.8. The number of nitriles is 1. The van der Waals surface area contributed by atoms with Gasteiger partial charge in [-0.05, 0) is 31.0 Å². The quantitative estimate of drug-likeness (QED) is 0.818. The Morgan fingerprint density at radius 3 is 2.76 bits per heavy atom. The minimum Gasteiger partial charge on any atom is -0.506 e.